The standard InChI is InChI=1S/C10H21N3O/c1-8(5-10(11)12)13-4-2-3-9(6-13)7-14/h8-9,14H,2-7H2,1H3,(H3,11,12). The molecule has 1 aliphatic rings. The molecule has 0 aromatic rings. The fraction of sp³-hybridized carbons (Fsp3) is 0.900. The zero-order valence-electron chi connectivity index (χ0n) is 8.87. The Bertz CT molecular complexity index is 196. The van der Waals surface area contributed by atoms with Crippen molar-refractivity contribution < 1.29 is 5.11 Å². The molecule has 2 atom stereocenters. The summed E-state index contributed by atoms with van der Waals surface area (Å²) in [4.78, 5) is 2.33. The first-order valence-corrected chi connectivity index (χ1v) is 5.31. The van der Waals surface area contributed by atoms with E-state index in [9.17, 15) is 0 Å². The fourth-order valence-electron chi connectivity index (χ4n) is 2.09. The Hall–Kier alpha value is -0.610. The minimum absolute atomic E-state index is 0.253. The summed E-state index contributed by atoms with van der Waals surface area (Å²) in [7, 11) is 0. The molecule has 14 heavy (non-hydrogen) atoms. The van der Waals surface area contributed by atoms with E-state index >= 15 is 0 Å². The van der Waals surface area contributed by atoms with Crippen LogP contribution in [-0.2, 0) is 0 Å². The molecule has 1 rings (SSSR count). The first-order chi connectivity index (χ1) is 6.63. The highest BCUT2D eigenvalue weighted by Gasteiger charge is 2.23. The van der Waals surface area contributed by atoms with E-state index in [-0.39, 0.29) is 12.4 Å². The first-order valence-electron chi connectivity index (χ1n) is 5.31. The van der Waals surface area contributed by atoms with Crippen LogP contribution in [0.3, 0.4) is 0 Å². The smallest absolute Gasteiger partial charge is 0.0920 e. The van der Waals surface area contributed by atoms with Crippen molar-refractivity contribution in [1.29, 1.82) is 5.41 Å². The Kier molecular flexibility index (Phi) is 4.35. The van der Waals surface area contributed by atoms with Gasteiger partial charge in [0.25, 0.3) is 0 Å². The van der Waals surface area contributed by atoms with Crippen molar-refractivity contribution >= 4 is 5.84 Å². The molecule has 4 heteroatoms. The third kappa shape index (κ3) is 3.27. The molecule has 0 bridgehead atoms. The van der Waals surface area contributed by atoms with Gasteiger partial charge in [0.15, 0.2) is 0 Å². The molecule has 4 nitrogen and oxygen atoms in total. The van der Waals surface area contributed by atoms with Gasteiger partial charge in [0.1, 0.15) is 0 Å². The number of aliphatic hydroxyl groups excluding tert-OH is 1. The van der Waals surface area contributed by atoms with Gasteiger partial charge in [0.2, 0.25) is 0 Å². The fourth-order valence-corrected chi connectivity index (χ4v) is 2.09. The van der Waals surface area contributed by atoms with Crippen LogP contribution in [0.15, 0.2) is 0 Å². The van der Waals surface area contributed by atoms with Crippen molar-refractivity contribution in [2.24, 2.45) is 11.7 Å². The minimum atomic E-state index is 0.253. The molecule has 1 heterocycles. The van der Waals surface area contributed by atoms with Gasteiger partial charge in [-0.25, -0.2) is 0 Å². The van der Waals surface area contributed by atoms with Crippen LogP contribution in [0.2, 0.25) is 0 Å². The van der Waals surface area contributed by atoms with Crippen LogP contribution in [-0.4, -0.2) is 41.6 Å². The topological polar surface area (TPSA) is 73.3 Å². The Morgan fingerprint density at radius 1 is 1.71 bits per heavy atom. The minimum Gasteiger partial charge on any atom is -0.396 e. The number of likely N-dealkylation sites (tertiary alicyclic amines) is 1. The maximum Gasteiger partial charge on any atom is 0.0920 e. The number of hydrogen-bond acceptors (Lipinski definition) is 3. The highest BCUT2D eigenvalue weighted by molar-refractivity contribution is 5.77. The quantitative estimate of drug-likeness (QED) is 0.453. The SMILES string of the molecule is CC(CC(=N)N)N1CCCC(CO)C1. The highest BCUT2D eigenvalue weighted by Crippen LogP contribution is 2.18. The van der Waals surface area contributed by atoms with Gasteiger partial charge in [-0.15, -0.1) is 0 Å². The zero-order chi connectivity index (χ0) is 10.6. The van der Waals surface area contributed by atoms with Crippen molar-refractivity contribution in [1.82, 2.24) is 4.90 Å². The summed E-state index contributed by atoms with van der Waals surface area (Å²) in [5, 5.41) is 16.3. The van der Waals surface area contributed by atoms with Gasteiger partial charge in [-0.1, -0.05) is 0 Å². The summed E-state index contributed by atoms with van der Waals surface area (Å²) in [6, 6.07) is 0.335. The lowest BCUT2D eigenvalue weighted by Gasteiger charge is -2.36. The second-order valence-electron chi connectivity index (χ2n) is 4.26. The normalized spacial score (nSPS) is 26.0. The monoisotopic (exact) mass is 199 g/mol. The van der Waals surface area contributed by atoms with Crippen molar-refractivity contribution in [3.8, 4) is 0 Å². The Labute approximate surface area is 85.6 Å². The number of aliphatic hydroxyl groups is 1. The van der Waals surface area contributed by atoms with Crippen LogP contribution in [0.1, 0.15) is 26.2 Å². The van der Waals surface area contributed by atoms with Crippen LogP contribution >= 0.6 is 0 Å². The maximum atomic E-state index is 9.08. The second-order valence-corrected chi connectivity index (χ2v) is 4.26. The van der Waals surface area contributed by atoms with Gasteiger partial charge in [0, 0.05) is 25.6 Å². The zero-order valence-corrected chi connectivity index (χ0v) is 8.87. The Balaban J connectivity index is 2.38. The van der Waals surface area contributed by atoms with Gasteiger partial charge in [0.05, 0.1) is 5.84 Å². The molecular formula is C10H21N3O. The molecule has 2 unspecified atom stereocenters. The number of nitrogens with zero attached hydrogens (tertiary/aromatic N) is 1. The lowest BCUT2D eigenvalue weighted by atomic mass is 9.97. The summed E-state index contributed by atoms with van der Waals surface area (Å²) >= 11 is 0. The number of nitrogens with two attached hydrogens (primary N) is 1. The van der Waals surface area contributed by atoms with Crippen LogP contribution < -0.4 is 5.73 Å². The molecule has 0 amide bonds. The van der Waals surface area contributed by atoms with Crippen LogP contribution in [0.5, 0.6) is 0 Å². The second kappa shape index (κ2) is 5.32. The molecule has 4 N–H and O–H groups in total. The van der Waals surface area contributed by atoms with E-state index in [1.165, 1.54) is 0 Å². The van der Waals surface area contributed by atoms with E-state index < -0.39 is 0 Å². The van der Waals surface area contributed by atoms with Crippen molar-refractivity contribution in [2.45, 2.75) is 32.2 Å². The third-order valence-corrected chi connectivity index (χ3v) is 2.95. The molecule has 0 radical (unpaired) electrons. The lowest BCUT2D eigenvalue weighted by molar-refractivity contribution is 0.0956. The molecule has 0 aromatic heterocycles. The Morgan fingerprint density at radius 2 is 2.43 bits per heavy atom. The van der Waals surface area contributed by atoms with Gasteiger partial charge in [-0.2, -0.15) is 0 Å². The molecular weight excluding hydrogens is 178 g/mol. The number of piperidine rings is 1. The van der Waals surface area contributed by atoms with Crippen LogP contribution in [0, 0.1) is 11.3 Å². The van der Waals surface area contributed by atoms with E-state index in [4.69, 9.17) is 16.2 Å². The van der Waals surface area contributed by atoms with Gasteiger partial charge >= 0.3 is 0 Å². The molecule has 1 fully saturated rings. The molecule has 1 saturated heterocycles. The highest BCUT2D eigenvalue weighted by atomic mass is 16.3. The largest absolute Gasteiger partial charge is 0.396 e. The summed E-state index contributed by atoms with van der Waals surface area (Å²) in [6.07, 6.45) is 2.91. The van der Waals surface area contributed by atoms with Crippen molar-refractivity contribution in [3.05, 3.63) is 0 Å². The predicted octanol–water partition coefficient (Wildman–Crippen LogP) is 0.405. The molecule has 82 valence electrons. The molecule has 0 spiro atoms. The summed E-state index contributed by atoms with van der Waals surface area (Å²) in [5.41, 5.74) is 5.37. The Morgan fingerprint density at radius 3 is 3.00 bits per heavy atom. The summed E-state index contributed by atoms with van der Waals surface area (Å²) in [6.45, 7) is 4.40. The molecule has 0 aliphatic carbocycles. The average Bonchev–Trinajstić information content (AvgIpc) is 2.17. The van der Waals surface area contributed by atoms with Gasteiger partial charge < -0.3 is 10.8 Å². The third-order valence-electron chi connectivity index (χ3n) is 2.95. The average molecular weight is 199 g/mol. The number of nitrogens with one attached hydrogen (secondary N) is 1. The van der Waals surface area contributed by atoms with Crippen molar-refractivity contribution in [3.63, 3.8) is 0 Å². The molecule has 1 aliphatic heterocycles. The van der Waals surface area contributed by atoms with Gasteiger partial charge in [-0.05, 0) is 32.2 Å². The molecule has 0 saturated carbocycles. The van der Waals surface area contributed by atoms with Gasteiger partial charge in [-0.3, -0.25) is 10.3 Å². The van der Waals surface area contributed by atoms with Crippen LogP contribution in [0.4, 0.5) is 0 Å². The van der Waals surface area contributed by atoms with E-state index in [1.807, 2.05) is 0 Å². The first kappa shape index (κ1) is 11.5. The van der Waals surface area contributed by atoms with Crippen molar-refractivity contribution in [2.75, 3.05) is 19.7 Å². The van der Waals surface area contributed by atoms with E-state index in [0.29, 0.717) is 18.4 Å². The summed E-state index contributed by atoms with van der Waals surface area (Å²) in [5.74, 6) is 0.668. The predicted molar refractivity (Wildman–Crippen MR) is 57.4 cm³/mol. The number of amidine groups is 1. The van der Waals surface area contributed by atoms with Crippen LogP contribution in [0.25, 0.3) is 0 Å². The molecule has 0 aromatic carbocycles. The van der Waals surface area contributed by atoms with E-state index in [0.717, 1.165) is 25.9 Å². The lowest BCUT2D eigenvalue weighted by Crippen LogP contribution is -2.43. The van der Waals surface area contributed by atoms with E-state index in [1.54, 1.807) is 0 Å². The summed E-state index contributed by atoms with van der Waals surface area (Å²) < 4.78 is 0. The van der Waals surface area contributed by atoms with E-state index in [2.05, 4.69) is 11.8 Å². The maximum absolute atomic E-state index is 9.08. The number of rotatable bonds is 4. The number of hydrogen-bond donors (Lipinski definition) is 3.